The van der Waals surface area contributed by atoms with Crippen molar-refractivity contribution in [3.05, 3.63) is 88.1 Å². The van der Waals surface area contributed by atoms with Crippen LogP contribution in [0.4, 0.5) is 8.78 Å². The fourth-order valence-corrected chi connectivity index (χ4v) is 5.55. The van der Waals surface area contributed by atoms with Gasteiger partial charge in [0.15, 0.2) is 11.6 Å². The summed E-state index contributed by atoms with van der Waals surface area (Å²) >= 11 is 0. The van der Waals surface area contributed by atoms with Crippen LogP contribution < -0.4 is 16.0 Å². The predicted octanol–water partition coefficient (Wildman–Crippen LogP) is 4.31. The minimum Gasteiger partial charge on any atom is -0.453 e. The lowest BCUT2D eigenvalue weighted by molar-refractivity contribution is -0.121. The molecule has 1 amide bonds. The van der Waals surface area contributed by atoms with Crippen LogP contribution in [0.2, 0.25) is 0 Å². The monoisotopic (exact) mass is 451 g/mol. The number of primary amides is 1. The Hall–Kier alpha value is -3.55. The summed E-state index contributed by atoms with van der Waals surface area (Å²) in [5, 5.41) is 0. The smallest absolute Gasteiger partial charge is 0.247 e. The maximum absolute atomic E-state index is 13.9. The molecule has 2 heterocycles. The summed E-state index contributed by atoms with van der Waals surface area (Å²) in [6, 6.07) is 9.74. The molecular formula is C25H23F2N3O3. The SMILES string of the molecule is NC(=O)C1(c2ccc(Oc3ccc(F)cc3F)cn2)CC12CCCC(c1ccc(=O)[nH]c1)C2. The Bertz CT molecular complexity index is 1260. The number of aromatic amines is 1. The van der Waals surface area contributed by atoms with Crippen molar-refractivity contribution in [2.75, 3.05) is 0 Å². The second-order valence-corrected chi connectivity index (χ2v) is 9.06. The fourth-order valence-electron chi connectivity index (χ4n) is 5.55. The van der Waals surface area contributed by atoms with Crippen LogP contribution >= 0.6 is 0 Å². The van der Waals surface area contributed by atoms with Gasteiger partial charge >= 0.3 is 0 Å². The molecule has 3 atom stereocenters. The number of ether oxygens (including phenoxy) is 1. The van der Waals surface area contributed by atoms with E-state index >= 15 is 0 Å². The normalized spacial score (nSPS) is 26.2. The number of amides is 1. The highest BCUT2D eigenvalue weighted by Crippen LogP contribution is 2.72. The third kappa shape index (κ3) is 3.59. The van der Waals surface area contributed by atoms with E-state index in [0.29, 0.717) is 12.1 Å². The van der Waals surface area contributed by atoms with E-state index in [9.17, 15) is 18.4 Å². The van der Waals surface area contributed by atoms with Crippen molar-refractivity contribution in [1.29, 1.82) is 0 Å². The highest BCUT2D eigenvalue weighted by atomic mass is 19.1. The van der Waals surface area contributed by atoms with Gasteiger partial charge in [0.25, 0.3) is 0 Å². The maximum atomic E-state index is 13.9. The van der Waals surface area contributed by atoms with Crippen molar-refractivity contribution in [1.82, 2.24) is 9.97 Å². The Labute approximate surface area is 188 Å². The number of pyridine rings is 2. The molecule has 0 radical (unpaired) electrons. The van der Waals surface area contributed by atoms with Crippen LogP contribution in [0.5, 0.6) is 11.5 Å². The molecule has 5 rings (SSSR count). The van der Waals surface area contributed by atoms with E-state index in [0.717, 1.165) is 43.4 Å². The van der Waals surface area contributed by atoms with E-state index in [2.05, 4.69) is 9.97 Å². The standard InChI is InChI=1S/C25H23F2N3O3/c26-17-4-6-20(19(27)10-17)33-18-5-7-21(29-13-18)25(23(28)32)14-24(25)9-1-2-15(11-24)16-3-8-22(31)30-12-16/h3-8,10,12-13,15H,1-2,9,11,14H2,(H2,28,32)(H,30,31). The van der Waals surface area contributed by atoms with E-state index < -0.39 is 23.0 Å². The lowest BCUT2D eigenvalue weighted by Crippen LogP contribution is -2.37. The maximum Gasteiger partial charge on any atom is 0.247 e. The number of carbonyl (C=O) groups excluding carboxylic acids is 1. The molecule has 3 N–H and O–H groups in total. The van der Waals surface area contributed by atoms with Crippen molar-refractivity contribution < 1.29 is 18.3 Å². The molecule has 2 aliphatic rings. The largest absolute Gasteiger partial charge is 0.453 e. The first kappa shape index (κ1) is 21.3. The highest BCUT2D eigenvalue weighted by Gasteiger charge is 2.72. The number of halogens is 2. The van der Waals surface area contributed by atoms with Gasteiger partial charge in [0.1, 0.15) is 11.6 Å². The average Bonchev–Trinajstić information content (AvgIpc) is 3.44. The molecular weight excluding hydrogens is 428 g/mol. The van der Waals surface area contributed by atoms with E-state index in [1.807, 2.05) is 6.07 Å². The number of hydrogen-bond donors (Lipinski definition) is 2. The first-order chi connectivity index (χ1) is 15.8. The number of nitrogens with two attached hydrogens (primary N) is 1. The first-order valence-electron chi connectivity index (χ1n) is 10.9. The lowest BCUT2D eigenvalue weighted by atomic mass is 9.71. The lowest BCUT2D eigenvalue weighted by Gasteiger charge is -2.33. The van der Waals surface area contributed by atoms with E-state index in [1.165, 1.54) is 18.3 Å². The molecule has 8 heteroatoms. The number of nitrogens with zero attached hydrogens (tertiary/aromatic N) is 1. The molecule has 0 bridgehead atoms. The van der Waals surface area contributed by atoms with Crippen LogP contribution in [0.25, 0.3) is 0 Å². The quantitative estimate of drug-likeness (QED) is 0.604. The van der Waals surface area contributed by atoms with Gasteiger partial charge in [0.05, 0.1) is 17.3 Å². The zero-order valence-corrected chi connectivity index (χ0v) is 17.8. The summed E-state index contributed by atoms with van der Waals surface area (Å²) in [4.78, 5) is 31.3. The van der Waals surface area contributed by atoms with Crippen molar-refractivity contribution in [3.8, 4) is 11.5 Å². The Balaban J connectivity index is 1.39. The fraction of sp³-hybridized carbons (Fsp3) is 0.320. The van der Waals surface area contributed by atoms with Gasteiger partial charge < -0.3 is 15.5 Å². The highest BCUT2D eigenvalue weighted by molar-refractivity contribution is 5.91. The number of rotatable bonds is 5. The van der Waals surface area contributed by atoms with Gasteiger partial charge in [-0.2, -0.15) is 0 Å². The van der Waals surface area contributed by atoms with Crippen molar-refractivity contribution in [2.24, 2.45) is 11.1 Å². The minimum atomic E-state index is -0.868. The average molecular weight is 451 g/mol. The van der Waals surface area contributed by atoms with Gasteiger partial charge in [0.2, 0.25) is 11.5 Å². The van der Waals surface area contributed by atoms with Gasteiger partial charge in [-0.3, -0.25) is 14.6 Å². The Morgan fingerprint density at radius 2 is 2.03 bits per heavy atom. The van der Waals surface area contributed by atoms with Crippen LogP contribution in [0.1, 0.15) is 49.3 Å². The van der Waals surface area contributed by atoms with Crippen LogP contribution in [0, 0.1) is 17.0 Å². The molecule has 0 aliphatic heterocycles. The number of benzene rings is 1. The molecule has 170 valence electrons. The molecule has 3 unspecified atom stereocenters. The number of carbonyl (C=O) groups is 1. The summed E-state index contributed by atoms with van der Waals surface area (Å²) in [6.45, 7) is 0. The molecule has 6 nitrogen and oxygen atoms in total. The minimum absolute atomic E-state index is 0.116. The summed E-state index contributed by atoms with van der Waals surface area (Å²) in [7, 11) is 0. The second kappa shape index (κ2) is 7.79. The number of H-pyrrole nitrogens is 1. The molecule has 2 aliphatic carbocycles. The summed E-state index contributed by atoms with van der Waals surface area (Å²) in [5.74, 6) is -1.54. The first-order valence-corrected chi connectivity index (χ1v) is 10.9. The zero-order valence-electron chi connectivity index (χ0n) is 17.8. The molecule has 2 fully saturated rings. The van der Waals surface area contributed by atoms with Crippen LogP contribution in [0.3, 0.4) is 0 Å². The number of hydrogen-bond acceptors (Lipinski definition) is 4. The molecule has 2 aromatic heterocycles. The molecule has 2 saturated carbocycles. The molecule has 3 aromatic rings. The second-order valence-electron chi connectivity index (χ2n) is 9.06. The topological polar surface area (TPSA) is 98.1 Å². The zero-order chi connectivity index (χ0) is 23.2. The van der Waals surface area contributed by atoms with Gasteiger partial charge in [-0.25, -0.2) is 8.78 Å². The summed E-state index contributed by atoms with van der Waals surface area (Å²) < 4.78 is 32.5. The molecule has 1 aromatic carbocycles. The Morgan fingerprint density at radius 1 is 1.18 bits per heavy atom. The summed E-state index contributed by atoms with van der Waals surface area (Å²) in [6.07, 6.45) is 7.38. The van der Waals surface area contributed by atoms with Crippen molar-refractivity contribution in [2.45, 2.75) is 43.4 Å². The van der Waals surface area contributed by atoms with E-state index in [1.54, 1.807) is 18.3 Å². The predicted molar refractivity (Wildman–Crippen MR) is 117 cm³/mol. The Kier molecular flexibility index (Phi) is 5.03. The third-order valence-electron chi connectivity index (χ3n) is 7.22. The van der Waals surface area contributed by atoms with Gasteiger partial charge in [-0.05, 0) is 66.8 Å². The summed E-state index contributed by atoms with van der Waals surface area (Å²) in [5.41, 5.74) is 6.26. The molecule has 1 spiro atoms. The molecule has 33 heavy (non-hydrogen) atoms. The van der Waals surface area contributed by atoms with Gasteiger partial charge in [0, 0.05) is 18.3 Å². The van der Waals surface area contributed by atoms with Crippen LogP contribution in [-0.2, 0) is 10.2 Å². The van der Waals surface area contributed by atoms with E-state index in [4.69, 9.17) is 10.5 Å². The van der Waals surface area contributed by atoms with Gasteiger partial charge in [-0.1, -0.05) is 12.5 Å². The van der Waals surface area contributed by atoms with Crippen molar-refractivity contribution in [3.63, 3.8) is 0 Å². The third-order valence-corrected chi connectivity index (χ3v) is 7.22. The van der Waals surface area contributed by atoms with Gasteiger partial charge in [-0.15, -0.1) is 0 Å². The van der Waals surface area contributed by atoms with E-state index in [-0.39, 0.29) is 28.4 Å². The number of nitrogens with one attached hydrogen (secondary N) is 1. The van der Waals surface area contributed by atoms with Crippen LogP contribution in [-0.4, -0.2) is 15.9 Å². The van der Waals surface area contributed by atoms with Crippen LogP contribution in [0.15, 0.2) is 59.7 Å². The Morgan fingerprint density at radius 3 is 2.70 bits per heavy atom. The number of aromatic nitrogens is 2. The molecule has 0 saturated heterocycles. The van der Waals surface area contributed by atoms with Crippen molar-refractivity contribution >= 4 is 5.91 Å².